The predicted molar refractivity (Wildman–Crippen MR) is 109 cm³/mol. The number of hydrogen-bond donors (Lipinski definition) is 2. The van der Waals surface area contributed by atoms with Gasteiger partial charge in [0, 0.05) is 25.2 Å². The molecule has 1 aliphatic rings. The average Bonchev–Trinajstić information content (AvgIpc) is 2.56. The van der Waals surface area contributed by atoms with Crippen LogP contribution >= 0.6 is 0 Å². The number of aromatic nitrogens is 1. The molecule has 9 nitrogen and oxygen atoms in total. The molecular weight excluding hydrogens is 380 g/mol. The van der Waals surface area contributed by atoms with Crippen LogP contribution in [-0.2, 0) is 4.43 Å². The van der Waals surface area contributed by atoms with E-state index in [-0.39, 0.29) is 22.7 Å². The number of nitrogens with zero attached hydrogens (tertiary/aromatic N) is 3. The Labute approximate surface area is 166 Å². The Kier molecular flexibility index (Phi) is 6.34. The number of amides is 1. The van der Waals surface area contributed by atoms with E-state index >= 15 is 0 Å². The number of carbonyl (C=O) groups is 1. The number of anilines is 1. The SMILES string of the molecule is CC1CN(c2ccncc2[N+](=O)[O-])CC(NC(=O)O)C1O[Si](C)(C)C(C)(C)C. The van der Waals surface area contributed by atoms with Crippen LogP contribution in [0.3, 0.4) is 0 Å². The molecule has 1 amide bonds. The quantitative estimate of drug-likeness (QED) is 0.433. The molecule has 1 fully saturated rings. The third-order valence-electron chi connectivity index (χ3n) is 5.74. The molecule has 2 rings (SSSR count). The summed E-state index contributed by atoms with van der Waals surface area (Å²) in [4.78, 5) is 28.0. The van der Waals surface area contributed by atoms with Gasteiger partial charge in [-0.05, 0) is 24.2 Å². The molecule has 156 valence electrons. The van der Waals surface area contributed by atoms with Crippen molar-refractivity contribution in [2.24, 2.45) is 5.92 Å². The molecule has 1 saturated heterocycles. The smallest absolute Gasteiger partial charge is 0.405 e. The number of nitrogens with one attached hydrogen (secondary N) is 1. The summed E-state index contributed by atoms with van der Waals surface area (Å²) in [7, 11) is -2.13. The van der Waals surface area contributed by atoms with Gasteiger partial charge in [-0.2, -0.15) is 0 Å². The second kappa shape index (κ2) is 8.04. The standard InChI is InChI=1S/C18H30N4O5Si/c1-12-10-21(14-7-8-19-9-15(14)22(25)26)11-13(20-17(23)24)16(12)27-28(5,6)18(2,3)4/h7-9,12-13,16,20H,10-11H2,1-6H3,(H,23,24). The van der Waals surface area contributed by atoms with Crippen molar-refractivity contribution in [3.63, 3.8) is 0 Å². The Morgan fingerprint density at radius 1 is 1.43 bits per heavy atom. The molecule has 3 unspecified atom stereocenters. The largest absolute Gasteiger partial charge is 0.465 e. The Bertz CT molecular complexity index is 737. The zero-order chi connectivity index (χ0) is 21.3. The molecule has 0 bridgehead atoms. The maximum Gasteiger partial charge on any atom is 0.405 e. The van der Waals surface area contributed by atoms with Crippen molar-refractivity contribution in [2.75, 3.05) is 18.0 Å². The summed E-state index contributed by atoms with van der Waals surface area (Å²) in [5.41, 5.74) is 0.349. The maximum absolute atomic E-state index is 11.4. The molecule has 28 heavy (non-hydrogen) atoms. The van der Waals surface area contributed by atoms with E-state index in [2.05, 4.69) is 44.2 Å². The summed E-state index contributed by atoms with van der Waals surface area (Å²) in [6, 6.07) is 1.10. The minimum absolute atomic E-state index is 0.0124. The number of nitro groups is 1. The van der Waals surface area contributed by atoms with Crippen molar-refractivity contribution in [2.45, 2.75) is 58.0 Å². The summed E-state index contributed by atoms with van der Waals surface area (Å²) in [6.45, 7) is 13.5. The van der Waals surface area contributed by atoms with E-state index in [0.29, 0.717) is 18.8 Å². The number of carboxylic acid groups (broad SMARTS) is 1. The molecule has 0 spiro atoms. The van der Waals surface area contributed by atoms with Crippen LogP contribution in [0.4, 0.5) is 16.2 Å². The van der Waals surface area contributed by atoms with Gasteiger partial charge in [0.1, 0.15) is 11.9 Å². The van der Waals surface area contributed by atoms with Crippen molar-refractivity contribution in [3.05, 3.63) is 28.6 Å². The Hall–Kier alpha value is -2.20. The maximum atomic E-state index is 11.4. The van der Waals surface area contributed by atoms with Crippen molar-refractivity contribution in [1.29, 1.82) is 0 Å². The van der Waals surface area contributed by atoms with Crippen LogP contribution in [0.5, 0.6) is 0 Å². The highest BCUT2D eigenvalue weighted by Crippen LogP contribution is 2.40. The predicted octanol–water partition coefficient (Wildman–Crippen LogP) is 3.47. The lowest BCUT2D eigenvalue weighted by Gasteiger charge is -2.48. The summed E-state index contributed by atoms with van der Waals surface area (Å²) in [6.07, 6.45) is 1.30. The number of hydrogen-bond acceptors (Lipinski definition) is 6. The van der Waals surface area contributed by atoms with Gasteiger partial charge in [-0.3, -0.25) is 15.1 Å². The lowest BCUT2D eigenvalue weighted by Crippen LogP contribution is -2.62. The first-order valence-corrected chi connectivity index (χ1v) is 12.2. The van der Waals surface area contributed by atoms with E-state index in [4.69, 9.17) is 4.43 Å². The van der Waals surface area contributed by atoms with Crippen molar-refractivity contribution in [1.82, 2.24) is 10.3 Å². The van der Waals surface area contributed by atoms with Gasteiger partial charge in [0.2, 0.25) is 0 Å². The molecular formula is C18H30N4O5Si. The first kappa shape index (κ1) is 22.1. The van der Waals surface area contributed by atoms with Crippen LogP contribution in [0, 0.1) is 16.0 Å². The first-order valence-electron chi connectivity index (χ1n) is 9.34. The van der Waals surface area contributed by atoms with E-state index in [9.17, 15) is 20.0 Å². The fraction of sp³-hybridized carbons (Fsp3) is 0.667. The van der Waals surface area contributed by atoms with E-state index in [1.54, 1.807) is 6.07 Å². The van der Waals surface area contributed by atoms with Crippen molar-refractivity contribution in [3.8, 4) is 0 Å². The fourth-order valence-electron chi connectivity index (χ4n) is 3.25. The van der Waals surface area contributed by atoms with Crippen molar-refractivity contribution >= 4 is 25.8 Å². The van der Waals surface area contributed by atoms with Gasteiger partial charge in [-0.15, -0.1) is 0 Å². The van der Waals surface area contributed by atoms with E-state index in [0.717, 1.165) is 0 Å². The third kappa shape index (κ3) is 4.79. The van der Waals surface area contributed by atoms with Gasteiger partial charge in [-0.25, -0.2) is 4.79 Å². The molecule has 1 aromatic rings. The molecule has 2 N–H and O–H groups in total. The van der Waals surface area contributed by atoms with Gasteiger partial charge in [0.25, 0.3) is 0 Å². The molecule has 0 radical (unpaired) electrons. The van der Waals surface area contributed by atoms with Gasteiger partial charge < -0.3 is 19.7 Å². The minimum atomic E-state index is -2.13. The van der Waals surface area contributed by atoms with Crippen LogP contribution in [-0.4, -0.2) is 54.7 Å². The first-order chi connectivity index (χ1) is 12.8. The summed E-state index contributed by atoms with van der Waals surface area (Å²) < 4.78 is 6.57. The molecule has 2 heterocycles. The summed E-state index contributed by atoms with van der Waals surface area (Å²) in [5.74, 6) is -0.0208. The molecule has 3 atom stereocenters. The molecule has 0 saturated carbocycles. The number of piperidine rings is 1. The third-order valence-corrected chi connectivity index (χ3v) is 10.2. The van der Waals surface area contributed by atoms with Crippen LogP contribution in [0.15, 0.2) is 18.5 Å². The van der Waals surface area contributed by atoms with Crippen LogP contribution in [0.25, 0.3) is 0 Å². The number of rotatable bonds is 5. The van der Waals surface area contributed by atoms with Gasteiger partial charge in [0.15, 0.2) is 8.32 Å². The highest BCUT2D eigenvalue weighted by molar-refractivity contribution is 6.74. The molecule has 1 aliphatic heterocycles. The Morgan fingerprint density at radius 3 is 2.61 bits per heavy atom. The van der Waals surface area contributed by atoms with Crippen LogP contribution in [0.1, 0.15) is 27.7 Å². The highest BCUT2D eigenvalue weighted by atomic mass is 28.4. The number of pyridine rings is 1. The average molecular weight is 411 g/mol. The highest BCUT2D eigenvalue weighted by Gasteiger charge is 2.45. The van der Waals surface area contributed by atoms with Crippen molar-refractivity contribution < 1.29 is 19.3 Å². The second-order valence-corrected chi connectivity index (χ2v) is 13.7. The Morgan fingerprint density at radius 2 is 2.07 bits per heavy atom. The van der Waals surface area contributed by atoms with Crippen LogP contribution in [0.2, 0.25) is 18.1 Å². The lowest BCUT2D eigenvalue weighted by atomic mass is 9.92. The molecule has 1 aromatic heterocycles. The van der Waals surface area contributed by atoms with E-state index < -0.39 is 25.4 Å². The zero-order valence-electron chi connectivity index (χ0n) is 17.3. The van der Waals surface area contributed by atoms with E-state index in [1.165, 1.54) is 12.4 Å². The van der Waals surface area contributed by atoms with Gasteiger partial charge in [0.05, 0.1) is 17.1 Å². The second-order valence-electron chi connectivity index (χ2n) is 8.90. The molecule has 0 aliphatic carbocycles. The fourth-order valence-corrected chi connectivity index (χ4v) is 4.68. The Balaban J connectivity index is 2.33. The normalized spacial score (nSPS) is 23.4. The molecule has 0 aromatic carbocycles. The summed E-state index contributed by atoms with van der Waals surface area (Å²) >= 11 is 0. The van der Waals surface area contributed by atoms with Gasteiger partial charge >= 0.3 is 11.8 Å². The van der Waals surface area contributed by atoms with Crippen LogP contribution < -0.4 is 10.2 Å². The van der Waals surface area contributed by atoms with E-state index in [1.807, 2.05) is 11.8 Å². The van der Waals surface area contributed by atoms with Gasteiger partial charge in [-0.1, -0.05) is 27.7 Å². The molecule has 10 heteroatoms. The summed E-state index contributed by atoms with van der Waals surface area (Å²) in [5, 5.41) is 23.3. The minimum Gasteiger partial charge on any atom is -0.465 e. The monoisotopic (exact) mass is 410 g/mol. The topological polar surface area (TPSA) is 118 Å². The lowest BCUT2D eigenvalue weighted by molar-refractivity contribution is -0.384. The zero-order valence-corrected chi connectivity index (χ0v) is 18.3.